The number of rotatable bonds is 4. The number of nitrogens with zero attached hydrogens (tertiary/aromatic N) is 1. The highest BCUT2D eigenvalue weighted by atomic mass is 32.2. The van der Waals surface area contributed by atoms with Crippen molar-refractivity contribution in [3.8, 4) is 0 Å². The molecule has 132 valence electrons. The second-order valence-corrected chi connectivity index (χ2v) is 5.59. The van der Waals surface area contributed by atoms with Gasteiger partial charge in [0.2, 0.25) is 10.0 Å². The number of aryl methyl sites for hydroxylation is 1. The predicted octanol–water partition coefficient (Wildman–Crippen LogP) is -0.0501. The number of anilines is 1. The number of nitrogens with two attached hydrogens (primary N) is 1. The van der Waals surface area contributed by atoms with Crippen LogP contribution in [0.25, 0.3) is 0 Å². The number of halogens is 3. The molecule has 5 N–H and O–H groups in total. The third-order valence-corrected chi connectivity index (χ3v) is 3.74. The number of aromatic nitrogens is 1. The van der Waals surface area contributed by atoms with Crippen molar-refractivity contribution in [3.63, 3.8) is 0 Å². The Morgan fingerprint density at radius 1 is 1.35 bits per heavy atom. The smallest absolute Gasteiger partial charge is 0.480 e. The van der Waals surface area contributed by atoms with Gasteiger partial charge in [-0.15, -0.1) is 0 Å². The number of carboxylic acid groups (broad SMARTS) is 2. The fourth-order valence-corrected chi connectivity index (χ4v) is 2.46. The van der Waals surface area contributed by atoms with Crippen LogP contribution in [-0.4, -0.2) is 47.9 Å². The molecule has 0 saturated heterocycles. The Morgan fingerprint density at radius 2 is 1.78 bits per heavy atom. The Kier molecular flexibility index (Phi) is 6.53. The first-order valence-corrected chi connectivity index (χ1v) is 6.95. The molecular formula is C9H12F3N3O7S. The van der Waals surface area contributed by atoms with Gasteiger partial charge in [-0.1, -0.05) is 5.16 Å². The molecule has 0 aromatic carbocycles. The summed E-state index contributed by atoms with van der Waals surface area (Å²) in [5.41, 5.74) is 5.31. The Labute approximate surface area is 127 Å². The van der Waals surface area contributed by atoms with Gasteiger partial charge in [-0.2, -0.15) is 17.9 Å². The van der Waals surface area contributed by atoms with Gasteiger partial charge in [0, 0.05) is 0 Å². The van der Waals surface area contributed by atoms with Crippen LogP contribution in [0.5, 0.6) is 0 Å². The van der Waals surface area contributed by atoms with E-state index in [1.807, 2.05) is 4.72 Å². The van der Waals surface area contributed by atoms with Crippen LogP contribution < -0.4 is 10.5 Å². The SMILES string of the molecule is Cc1onc(N)c1S(=O)(=O)N[C@H](C)C(=O)O.O=C(O)C(F)(F)F. The number of sulfonamides is 1. The average molecular weight is 363 g/mol. The highest BCUT2D eigenvalue weighted by molar-refractivity contribution is 7.89. The van der Waals surface area contributed by atoms with Gasteiger partial charge in [0.15, 0.2) is 16.5 Å². The zero-order valence-electron chi connectivity index (χ0n) is 11.6. The number of nitrogens with one attached hydrogen (secondary N) is 1. The fraction of sp³-hybridized carbons (Fsp3) is 0.444. The van der Waals surface area contributed by atoms with E-state index in [0.29, 0.717) is 0 Å². The van der Waals surface area contributed by atoms with Gasteiger partial charge in [0.25, 0.3) is 0 Å². The third kappa shape index (κ3) is 6.11. The molecule has 1 atom stereocenters. The Morgan fingerprint density at radius 3 is 2.04 bits per heavy atom. The molecule has 1 heterocycles. The molecule has 14 heteroatoms. The number of carboxylic acids is 2. The minimum Gasteiger partial charge on any atom is -0.480 e. The van der Waals surface area contributed by atoms with Crippen molar-refractivity contribution in [2.24, 2.45) is 0 Å². The van der Waals surface area contributed by atoms with E-state index < -0.39 is 34.2 Å². The molecule has 1 aromatic heterocycles. The molecule has 0 unspecified atom stereocenters. The van der Waals surface area contributed by atoms with E-state index in [0.717, 1.165) is 0 Å². The average Bonchev–Trinajstić information content (AvgIpc) is 2.68. The number of aliphatic carboxylic acids is 2. The van der Waals surface area contributed by atoms with Crippen LogP contribution in [0.1, 0.15) is 12.7 Å². The lowest BCUT2D eigenvalue weighted by Crippen LogP contribution is -2.38. The summed E-state index contributed by atoms with van der Waals surface area (Å²) < 4.78 is 61.6. The first kappa shape index (κ1) is 20.6. The van der Waals surface area contributed by atoms with Crippen LogP contribution in [0.3, 0.4) is 0 Å². The molecule has 0 radical (unpaired) electrons. The fourth-order valence-electron chi connectivity index (χ4n) is 1.05. The summed E-state index contributed by atoms with van der Waals surface area (Å²) in [4.78, 5) is 19.1. The first-order chi connectivity index (χ1) is 10.2. The minimum atomic E-state index is -5.08. The van der Waals surface area contributed by atoms with Crippen LogP contribution in [0.2, 0.25) is 0 Å². The van der Waals surface area contributed by atoms with Crippen molar-refractivity contribution in [1.29, 1.82) is 0 Å². The van der Waals surface area contributed by atoms with Crippen LogP contribution in [0, 0.1) is 6.92 Å². The van der Waals surface area contributed by atoms with Crippen molar-refractivity contribution < 1.29 is 45.9 Å². The van der Waals surface area contributed by atoms with Gasteiger partial charge < -0.3 is 20.5 Å². The lowest BCUT2D eigenvalue weighted by molar-refractivity contribution is -0.192. The summed E-state index contributed by atoms with van der Waals surface area (Å²) in [6.45, 7) is 2.56. The van der Waals surface area contributed by atoms with Gasteiger partial charge >= 0.3 is 18.1 Å². The normalized spacial score (nSPS) is 12.9. The van der Waals surface area contributed by atoms with Gasteiger partial charge in [-0.25, -0.2) is 13.2 Å². The largest absolute Gasteiger partial charge is 0.490 e. The molecule has 0 amide bonds. The Bertz CT molecular complexity index is 664. The van der Waals surface area contributed by atoms with Crippen molar-refractivity contribution in [3.05, 3.63) is 5.76 Å². The second kappa shape index (κ2) is 7.28. The molecule has 0 spiro atoms. The zero-order valence-corrected chi connectivity index (χ0v) is 12.4. The molecule has 0 aliphatic carbocycles. The maximum Gasteiger partial charge on any atom is 0.490 e. The predicted molar refractivity (Wildman–Crippen MR) is 66.8 cm³/mol. The van der Waals surface area contributed by atoms with Gasteiger partial charge in [0.05, 0.1) is 0 Å². The molecule has 0 fully saturated rings. The quantitative estimate of drug-likeness (QED) is 0.572. The molecule has 0 saturated carbocycles. The van der Waals surface area contributed by atoms with Crippen LogP contribution in [-0.2, 0) is 19.6 Å². The third-order valence-electron chi connectivity index (χ3n) is 2.05. The molecular weight excluding hydrogens is 351 g/mol. The van der Waals surface area contributed by atoms with E-state index in [9.17, 15) is 26.4 Å². The van der Waals surface area contributed by atoms with Crippen molar-refractivity contribution >= 4 is 27.8 Å². The van der Waals surface area contributed by atoms with E-state index in [1.54, 1.807) is 0 Å². The van der Waals surface area contributed by atoms with Gasteiger partial charge in [-0.3, -0.25) is 4.79 Å². The summed E-state index contributed by atoms with van der Waals surface area (Å²) in [7, 11) is -4.03. The molecule has 1 rings (SSSR count). The summed E-state index contributed by atoms with van der Waals surface area (Å²) in [6, 6.07) is -1.27. The van der Waals surface area contributed by atoms with E-state index >= 15 is 0 Å². The maximum atomic E-state index is 11.7. The number of carbonyl (C=O) groups is 2. The summed E-state index contributed by atoms with van der Waals surface area (Å²) >= 11 is 0. The van der Waals surface area contributed by atoms with E-state index in [4.69, 9.17) is 20.7 Å². The molecule has 1 aromatic rings. The van der Waals surface area contributed by atoms with Gasteiger partial charge in [0.1, 0.15) is 6.04 Å². The molecule has 0 aliphatic heterocycles. The highest BCUT2D eigenvalue weighted by Gasteiger charge is 2.38. The second-order valence-electron chi connectivity index (χ2n) is 3.94. The minimum absolute atomic E-state index is 0.00240. The van der Waals surface area contributed by atoms with E-state index in [2.05, 4.69) is 9.68 Å². The van der Waals surface area contributed by atoms with Crippen LogP contribution in [0.4, 0.5) is 19.0 Å². The summed E-state index contributed by atoms with van der Waals surface area (Å²) in [5, 5.41) is 19.0. The number of alkyl halides is 3. The van der Waals surface area contributed by atoms with Crippen molar-refractivity contribution in [1.82, 2.24) is 9.88 Å². The van der Waals surface area contributed by atoms with Crippen molar-refractivity contribution in [2.45, 2.75) is 31.0 Å². The topological polar surface area (TPSA) is 173 Å². The van der Waals surface area contributed by atoms with Crippen LogP contribution in [0.15, 0.2) is 9.42 Å². The Balaban J connectivity index is 0.000000585. The molecule has 10 nitrogen and oxygen atoms in total. The Hall–Kier alpha value is -2.35. The number of hydrogen-bond donors (Lipinski definition) is 4. The van der Waals surface area contributed by atoms with E-state index in [-0.39, 0.29) is 16.5 Å². The standard InChI is InChI=1S/C7H11N3O5S.C2HF3O2/c1-3(7(11)12)10-16(13,14)5-4(2)15-9-6(5)8;3-2(4,5)1(6)7/h3,10H,1-2H3,(H2,8,9)(H,11,12);(H,6,7)/t3-;/m1./s1. The lowest BCUT2D eigenvalue weighted by Gasteiger charge is -2.09. The highest BCUT2D eigenvalue weighted by Crippen LogP contribution is 2.21. The monoisotopic (exact) mass is 363 g/mol. The van der Waals surface area contributed by atoms with Crippen molar-refractivity contribution in [2.75, 3.05) is 5.73 Å². The maximum absolute atomic E-state index is 11.7. The number of hydrogen-bond acceptors (Lipinski definition) is 7. The zero-order chi connectivity index (χ0) is 18.6. The van der Waals surface area contributed by atoms with Gasteiger partial charge in [-0.05, 0) is 13.8 Å². The first-order valence-electron chi connectivity index (χ1n) is 5.47. The molecule has 0 bridgehead atoms. The number of nitrogen functional groups attached to an aromatic ring is 1. The van der Waals surface area contributed by atoms with E-state index in [1.165, 1.54) is 13.8 Å². The molecule has 0 aliphatic rings. The lowest BCUT2D eigenvalue weighted by atomic mass is 10.4. The summed E-state index contributed by atoms with van der Waals surface area (Å²) in [6.07, 6.45) is -5.08. The summed E-state index contributed by atoms with van der Waals surface area (Å²) in [5.74, 6) is -4.35. The molecule has 23 heavy (non-hydrogen) atoms. The van der Waals surface area contributed by atoms with Crippen LogP contribution >= 0.6 is 0 Å².